The Morgan fingerprint density at radius 1 is 0.382 bits per heavy atom. The van der Waals surface area contributed by atoms with Crippen LogP contribution in [-0.2, 0) is 0 Å². The molecule has 0 aliphatic carbocycles. The van der Waals surface area contributed by atoms with E-state index in [-0.39, 0.29) is 0 Å². The van der Waals surface area contributed by atoms with Gasteiger partial charge in [-0.1, -0.05) is 109 Å². The zero-order chi connectivity index (χ0) is 36.0. The molecule has 0 amide bonds. The van der Waals surface area contributed by atoms with Gasteiger partial charge in [0, 0.05) is 66.3 Å². The second-order valence-corrected chi connectivity index (χ2v) is 14.2. The highest BCUT2D eigenvalue weighted by atomic mass is 16.3. The summed E-state index contributed by atoms with van der Waals surface area (Å²) >= 11 is 0. The summed E-state index contributed by atoms with van der Waals surface area (Å²) in [6.07, 6.45) is 0. The van der Waals surface area contributed by atoms with Crippen molar-refractivity contribution in [3.63, 3.8) is 0 Å². The van der Waals surface area contributed by atoms with Gasteiger partial charge in [0.05, 0.1) is 33.3 Å². The summed E-state index contributed by atoms with van der Waals surface area (Å²) in [7, 11) is 0. The number of hydrogen-bond donors (Lipinski definition) is 0. The molecule has 0 bridgehead atoms. The first kappa shape index (κ1) is 30.0. The van der Waals surface area contributed by atoms with Crippen LogP contribution < -0.4 is 0 Å². The third-order valence-corrected chi connectivity index (χ3v) is 11.1. The summed E-state index contributed by atoms with van der Waals surface area (Å²) < 4.78 is 11.3. The molecular weight excluding hydrogens is 673 g/mol. The van der Waals surface area contributed by atoms with Crippen molar-refractivity contribution in [1.29, 1.82) is 0 Å². The molecule has 0 aliphatic rings. The average molecular weight is 703 g/mol. The van der Waals surface area contributed by atoms with Gasteiger partial charge in [0.25, 0.3) is 0 Å². The lowest BCUT2D eigenvalue weighted by molar-refractivity contribution is 0.669. The van der Waals surface area contributed by atoms with Crippen LogP contribution in [0.4, 0.5) is 0 Å². The van der Waals surface area contributed by atoms with Crippen molar-refractivity contribution < 1.29 is 4.42 Å². The van der Waals surface area contributed by atoms with E-state index in [1.54, 1.807) is 0 Å². The second-order valence-electron chi connectivity index (χ2n) is 14.2. The maximum atomic E-state index is 6.49. The van der Waals surface area contributed by atoms with Gasteiger partial charge in [-0.25, -0.2) is 9.97 Å². The molecule has 4 aromatic heterocycles. The molecule has 0 atom stereocenters. The van der Waals surface area contributed by atoms with Crippen molar-refractivity contribution in [3.8, 4) is 34.0 Å². The molecule has 55 heavy (non-hydrogen) atoms. The fraction of sp³-hybridized carbons (Fsp3) is 0. The van der Waals surface area contributed by atoms with Crippen LogP contribution in [0.5, 0.6) is 0 Å². The van der Waals surface area contributed by atoms with Crippen LogP contribution in [0.2, 0.25) is 0 Å². The van der Waals surface area contributed by atoms with E-state index in [9.17, 15) is 0 Å². The van der Waals surface area contributed by atoms with Crippen LogP contribution in [0.3, 0.4) is 0 Å². The predicted molar refractivity (Wildman–Crippen MR) is 226 cm³/mol. The lowest BCUT2D eigenvalue weighted by Gasteiger charge is -2.12. The smallest absolute Gasteiger partial charge is 0.160 e. The highest BCUT2D eigenvalue weighted by Gasteiger charge is 2.22. The maximum absolute atomic E-state index is 6.49. The van der Waals surface area contributed by atoms with Gasteiger partial charge < -0.3 is 13.6 Å². The molecule has 0 spiro atoms. The van der Waals surface area contributed by atoms with Crippen molar-refractivity contribution in [2.24, 2.45) is 0 Å². The summed E-state index contributed by atoms with van der Waals surface area (Å²) in [5, 5.41) is 8.07. The predicted octanol–water partition coefficient (Wildman–Crippen LogP) is 13.1. The Labute approximate surface area is 315 Å². The van der Waals surface area contributed by atoms with Gasteiger partial charge >= 0.3 is 0 Å². The molecule has 4 heterocycles. The molecule has 5 nitrogen and oxygen atoms in total. The van der Waals surface area contributed by atoms with Crippen molar-refractivity contribution >= 4 is 76.5 Å². The molecule has 5 heteroatoms. The van der Waals surface area contributed by atoms with Crippen molar-refractivity contribution in [1.82, 2.24) is 19.1 Å². The molecule has 0 aliphatic heterocycles. The Balaban J connectivity index is 1.15. The monoisotopic (exact) mass is 702 g/mol. The first-order valence-corrected chi connectivity index (χ1v) is 18.6. The van der Waals surface area contributed by atoms with Crippen LogP contribution >= 0.6 is 0 Å². The summed E-state index contributed by atoms with van der Waals surface area (Å²) in [6.45, 7) is 0. The van der Waals surface area contributed by atoms with E-state index in [4.69, 9.17) is 14.4 Å². The topological polar surface area (TPSA) is 48.8 Å². The Hall–Kier alpha value is -7.50. The Kier molecular flexibility index (Phi) is 6.27. The van der Waals surface area contributed by atoms with Crippen molar-refractivity contribution in [2.45, 2.75) is 0 Å². The van der Waals surface area contributed by atoms with E-state index in [1.807, 2.05) is 30.3 Å². The van der Waals surface area contributed by atoms with Crippen LogP contribution in [-0.4, -0.2) is 19.1 Å². The van der Waals surface area contributed by atoms with E-state index in [0.29, 0.717) is 5.82 Å². The lowest BCUT2D eigenvalue weighted by Crippen LogP contribution is -1.97. The highest BCUT2D eigenvalue weighted by Crippen LogP contribution is 2.44. The van der Waals surface area contributed by atoms with Crippen LogP contribution in [0, 0.1) is 0 Å². The standard InChI is InChI=1S/C50H30N4O/c1-3-13-31(14-4-1)48-37-18-7-10-20-41(37)51-50(52-48)32-23-25-34(26-24-32)54-44-30-46-40(35-17-9-12-22-45(35)55-46)29-39(44)36-27-28-43-47(49(36)54)38-19-8-11-21-42(38)53(43)33-15-5-2-6-16-33/h1-30H. The zero-order valence-electron chi connectivity index (χ0n) is 29.5. The number of rotatable bonds is 4. The SMILES string of the molecule is c1ccc(-c2nc(-c3ccc(-n4c5cc6oc7ccccc7c6cc5c5ccc6c(c7ccccc7n6-c6ccccc6)c54)cc3)nc3ccccc23)cc1. The number of nitrogens with zero attached hydrogens (tertiary/aromatic N) is 4. The van der Waals surface area contributed by atoms with Crippen molar-refractivity contribution in [2.75, 3.05) is 0 Å². The van der Waals surface area contributed by atoms with E-state index in [0.717, 1.165) is 77.6 Å². The fourth-order valence-corrected chi connectivity index (χ4v) is 8.68. The molecule has 12 aromatic rings. The molecule has 8 aromatic carbocycles. The molecule has 0 saturated carbocycles. The Morgan fingerprint density at radius 2 is 1.07 bits per heavy atom. The molecule has 256 valence electrons. The number of fused-ring (bicyclic) bond motifs is 11. The average Bonchev–Trinajstić information content (AvgIpc) is 3.90. The largest absolute Gasteiger partial charge is 0.456 e. The van der Waals surface area contributed by atoms with Crippen LogP contribution in [0.15, 0.2) is 186 Å². The van der Waals surface area contributed by atoms with E-state index < -0.39 is 0 Å². The third kappa shape index (κ3) is 4.41. The molecular formula is C50H30N4O. The van der Waals surface area contributed by atoms with Gasteiger partial charge in [-0.15, -0.1) is 0 Å². The van der Waals surface area contributed by atoms with E-state index >= 15 is 0 Å². The zero-order valence-corrected chi connectivity index (χ0v) is 29.5. The van der Waals surface area contributed by atoms with Gasteiger partial charge in [-0.05, 0) is 66.7 Å². The summed E-state index contributed by atoms with van der Waals surface area (Å²) in [4.78, 5) is 10.2. The minimum absolute atomic E-state index is 0.698. The molecule has 0 saturated heterocycles. The van der Waals surface area contributed by atoms with Gasteiger partial charge in [-0.2, -0.15) is 0 Å². The number of aromatic nitrogens is 4. The number of para-hydroxylation sites is 4. The Bertz CT molecular complexity index is 3470. The summed E-state index contributed by atoms with van der Waals surface area (Å²) in [5.74, 6) is 0.698. The van der Waals surface area contributed by atoms with E-state index in [2.05, 4.69) is 161 Å². The minimum Gasteiger partial charge on any atom is -0.456 e. The molecule has 0 N–H and O–H groups in total. The Morgan fingerprint density at radius 3 is 1.91 bits per heavy atom. The lowest BCUT2D eigenvalue weighted by atomic mass is 10.1. The minimum atomic E-state index is 0.698. The van der Waals surface area contributed by atoms with Crippen LogP contribution in [0.1, 0.15) is 0 Å². The maximum Gasteiger partial charge on any atom is 0.160 e. The molecule has 0 radical (unpaired) electrons. The van der Waals surface area contributed by atoms with Gasteiger partial charge in [0.2, 0.25) is 0 Å². The third-order valence-electron chi connectivity index (χ3n) is 11.1. The first-order valence-electron chi connectivity index (χ1n) is 18.6. The van der Waals surface area contributed by atoms with E-state index in [1.165, 1.54) is 27.1 Å². The van der Waals surface area contributed by atoms with Gasteiger partial charge in [-0.3, -0.25) is 0 Å². The molecule has 0 unspecified atom stereocenters. The van der Waals surface area contributed by atoms with Crippen molar-refractivity contribution in [3.05, 3.63) is 182 Å². The summed E-state index contributed by atoms with van der Waals surface area (Å²) in [6, 6.07) is 64.1. The number of benzene rings is 8. The number of hydrogen-bond acceptors (Lipinski definition) is 3. The molecule has 12 rings (SSSR count). The van der Waals surface area contributed by atoms with Crippen LogP contribution in [0.25, 0.3) is 110 Å². The van der Waals surface area contributed by atoms with Gasteiger partial charge in [0.1, 0.15) is 11.2 Å². The summed E-state index contributed by atoms with van der Waals surface area (Å²) in [5.41, 5.74) is 12.4. The normalized spacial score (nSPS) is 12.0. The number of furan rings is 1. The first-order chi connectivity index (χ1) is 27.3. The quantitative estimate of drug-likeness (QED) is 0.183. The highest BCUT2D eigenvalue weighted by molar-refractivity contribution is 6.27. The van der Waals surface area contributed by atoms with Gasteiger partial charge in [0.15, 0.2) is 5.82 Å². The second kappa shape index (κ2) is 11.5. The fourth-order valence-electron chi connectivity index (χ4n) is 8.68. The molecule has 0 fully saturated rings.